The maximum Gasteiger partial charge on any atom is 0.171 e. The summed E-state index contributed by atoms with van der Waals surface area (Å²) in [5, 5.41) is 0. The minimum atomic E-state index is -0.150. The summed E-state index contributed by atoms with van der Waals surface area (Å²) >= 11 is 0. The fourth-order valence-corrected chi connectivity index (χ4v) is 2.88. The summed E-state index contributed by atoms with van der Waals surface area (Å²) < 4.78 is 10.8. The Kier molecular flexibility index (Phi) is 8.46. The normalized spacial score (nSPS) is 11.6. The van der Waals surface area contributed by atoms with Crippen LogP contribution in [0.3, 0.4) is 0 Å². The Morgan fingerprint density at radius 1 is 1.00 bits per heavy atom. The summed E-state index contributed by atoms with van der Waals surface area (Å²) in [6.45, 7) is 0.675. The van der Waals surface area contributed by atoms with Crippen molar-refractivity contribution in [2.75, 3.05) is 34.9 Å². The number of hydrogen-bond donors (Lipinski definition) is 0. The van der Waals surface area contributed by atoms with Crippen LogP contribution >= 0.6 is 12.4 Å². The van der Waals surface area contributed by atoms with E-state index in [1.165, 1.54) is 0 Å². The second-order valence-electron chi connectivity index (χ2n) is 6.05. The van der Waals surface area contributed by atoms with Gasteiger partial charge in [0.1, 0.15) is 0 Å². The van der Waals surface area contributed by atoms with E-state index in [1.54, 1.807) is 26.4 Å². The fourth-order valence-electron chi connectivity index (χ4n) is 2.88. The first-order chi connectivity index (χ1) is 11.6. The molecular formula is C20H26ClNO3. The molecule has 0 aliphatic heterocycles. The number of ketones is 1. The molecule has 25 heavy (non-hydrogen) atoms. The van der Waals surface area contributed by atoms with Crippen LogP contribution < -0.4 is 9.47 Å². The zero-order valence-corrected chi connectivity index (χ0v) is 16.0. The van der Waals surface area contributed by atoms with Crippen LogP contribution in [0.5, 0.6) is 11.5 Å². The Morgan fingerprint density at radius 3 is 2.24 bits per heavy atom. The topological polar surface area (TPSA) is 38.8 Å². The number of carbonyl (C=O) groups is 1. The predicted molar refractivity (Wildman–Crippen MR) is 103 cm³/mol. The molecular weight excluding hydrogens is 338 g/mol. The molecule has 0 bridgehead atoms. The third-order valence-corrected chi connectivity index (χ3v) is 3.95. The van der Waals surface area contributed by atoms with Crippen LogP contribution in [0.2, 0.25) is 0 Å². The SMILES string of the molecule is COc1cccc(C(=O)C(Cc2ccccc2)CN(C)C)c1OC.Cl. The molecule has 0 heterocycles. The minimum absolute atomic E-state index is 0. The maximum absolute atomic E-state index is 13.2. The van der Waals surface area contributed by atoms with Gasteiger partial charge in [0.15, 0.2) is 17.3 Å². The highest BCUT2D eigenvalue weighted by molar-refractivity contribution is 6.01. The fraction of sp³-hybridized carbons (Fsp3) is 0.350. The number of ether oxygens (including phenoxy) is 2. The highest BCUT2D eigenvalue weighted by Crippen LogP contribution is 2.32. The van der Waals surface area contributed by atoms with Crippen LogP contribution in [0, 0.1) is 5.92 Å². The summed E-state index contributed by atoms with van der Waals surface area (Å²) in [7, 11) is 7.10. The van der Waals surface area contributed by atoms with E-state index in [2.05, 4.69) is 12.1 Å². The molecule has 2 aromatic carbocycles. The quantitative estimate of drug-likeness (QED) is 0.670. The summed E-state index contributed by atoms with van der Waals surface area (Å²) in [6, 6.07) is 15.5. The van der Waals surface area contributed by atoms with Crippen LogP contribution in [0.4, 0.5) is 0 Å². The van der Waals surface area contributed by atoms with E-state index in [-0.39, 0.29) is 24.1 Å². The molecule has 0 aromatic heterocycles. The number of hydrogen-bond acceptors (Lipinski definition) is 4. The molecule has 4 nitrogen and oxygen atoms in total. The second kappa shape index (κ2) is 10.1. The number of Topliss-reactive ketones (excluding diaryl/α,β-unsaturated/α-hetero) is 1. The lowest BCUT2D eigenvalue weighted by Gasteiger charge is -2.21. The Labute approximate surface area is 156 Å². The number of rotatable bonds is 8. The maximum atomic E-state index is 13.2. The molecule has 1 unspecified atom stereocenters. The van der Waals surface area contributed by atoms with Gasteiger partial charge in [0.2, 0.25) is 0 Å². The molecule has 0 aliphatic rings. The smallest absolute Gasteiger partial charge is 0.171 e. The molecule has 2 rings (SSSR count). The lowest BCUT2D eigenvalue weighted by atomic mass is 9.90. The largest absolute Gasteiger partial charge is 0.493 e. The van der Waals surface area contributed by atoms with Crippen LogP contribution in [-0.2, 0) is 6.42 Å². The van der Waals surface area contributed by atoms with Gasteiger partial charge in [-0.15, -0.1) is 12.4 Å². The molecule has 0 fully saturated rings. The Morgan fingerprint density at radius 2 is 1.68 bits per heavy atom. The first-order valence-electron chi connectivity index (χ1n) is 8.00. The first-order valence-corrected chi connectivity index (χ1v) is 8.00. The zero-order chi connectivity index (χ0) is 17.5. The molecule has 0 aliphatic carbocycles. The van der Waals surface area contributed by atoms with Crippen LogP contribution in [0.1, 0.15) is 15.9 Å². The van der Waals surface area contributed by atoms with E-state index in [9.17, 15) is 4.79 Å². The first kappa shape index (κ1) is 21.0. The monoisotopic (exact) mass is 363 g/mol. The molecule has 5 heteroatoms. The summed E-state index contributed by atoms with van der Waals surface area (Å²) in [5.74, 6) is 1.00. The average molecular weight is 364 g/mol. The average Bonchev–Trinajstić information content (AvgIpc) is 2.60. The van der Waals surface area contributed by atoms with Crippen molar-refractivity contribution in [2.24, 2.45) is 5.92 Å². The van der Waals surface area contributed by atoms with Crippen molar-refractivity contribution >= 4 is 18.2 Å². The van der Waals surface area contributed by atoms with E-state index in [0.717, 1.165) is 5.56 Å². The van der Waals surface area contributed by atoms with Crippen molar-refractivity contribution in [3.05, 3.63) is 59.7 Å². The van der Waals surface area contributed by atoms with Crippen LogP contribution in [0.15, 0.2) is 48.5 Å². The second-order valence-corrected chi connectivity index (χ2v) is 6.05. The highest BCUT2D eigenvalue weighted by atomic mass is 35.5. The molecule has 0 N–H and O–H groups in total. The molecule has 0 saturated heterocycles. The highest BCUT2D eigenvalue weighted by Gasteiger charge is 2.25. The molecule has 0 amide bonds. The number of nitrogens with zero attached hydrogens (tertiary/aromatic N) is 1. The Balaban J connectivity index is 0.00000312. The number of methoxy groups -OCH3 is 2. The van der Waals surface area contributed by atoms with Crippen LogP contribution in [-0.4, -0.2) is 45.5 Å². The lowest BCUT2D eigenvalue weighted by molar-refractivity contribution is 0.0893. The number of carbonyl (C=O) groups excluding carboxylic acids is 1. The van der Waals surface area contributed by atoms with Crippen molar-refractivity contribution in [3.8, 4) is 11.5 Å². The standard InChI is InChI=1S/C20H25NO3.ClH/c1-21(2)14-16(13-15-9-6-5-7-10-15)19(22)17-11-8-12-18(23-3)20(17)24-4;/h5-12,16H,13-14H2,1-4H3;1H. The van der Waals surface area contributed by atoms with Crippen molar-refractivity contribution in [3.63, 3.8) is 0 Å². The third-order valence-electron chi connectivity index (χ3n) is 3.95. The molecule has 0 radical (unpaired) electrons. The molecule has 136 valence electrons. The van der Waals surface area contributed by atoms with Gasteiger partial charge in [-0.05, 0) is 38.2 Å². The van der Waals surface area contributed by atoms with Crippen molar-refractivity contribution in [2.45, 2.75) is 6.42 Å². The summed E-state index contributed by atoms with van der Waals surface area (Å²) in [4.78, 5) is 15.2. The van der Waals surface area contributed by atoms with Gasteiger partial charge in [-0.2, -0.15) is 0 Å². The molecule has 0 saturated carbocycles. The minimum Gasteiger partial charge on any atom is -0.493 e. The summed E-state index contributed by atoms with van der Waals surface area (Å²) in [6.07, 6.45) is 0.693. The van der Waals surface area contributed by atoms with E-state index in [0.29, 0.717) is 30.0 Å². The van der Waals surface area contributed by atoms with Crippen molar-refractivity contribution < 1.29 is 14.3 Å². The number of halogens is 1. The van der Waals surface area contributed by atoms with Gasteiger partial charge in [0.25, 0.3) is 0 Å². The zero-order valence-electron chi connectivity index (χ0n) is 15.2. The number of para-hydroxylation sites is 1. The van der Waals surface area contributed by atoms with Crippen molar-refractivity contribution in [1.82, 2.24) is 4.90 Å². The number of benzene rings is 2. The molecule has 0 spiro atoms. The lowest BCUT2D eigenvalue weighted by Crippen LogP contribution is -2.30. The molecule has 1 atom stereocenters. The van der Waals surface area contributed by atoms with Gasteiger partial charge >= 0.3 is 0 Å². The summed E-state index contributed by atoms with van der Waals surface area (Å²) in [5.41, 5.74) is 1.72. The van der Waals surface area contributed by atoms with Gasteiger partial charge in [0, 0.05) is 12.5 Å². The van der Waals surface area contributed by atoms with E-state index >= 15 is 0 Å². The van der Waals surface area contributed by atoms with Gasteiger partial charge < -0.3 is 14.4 Å². The Hall–Kier alpha value is -2.04. The van der Waals surface area contributed by atoms with Crippen LogP contribution in [0.25, 0.3) is 0 Å². The van der Waals surface area contributed by atoms with E-state index in [1.807, 2.05) is 43.3 Å². The van der Waals surface area contributed by atoms with Gasteiger partial charge in [-0.3, -0.25) is 4.79 Å². The van der Waals surface area contributed by atoms with E-state index < -0.39 is 0 Å². The van der Waals surface area contributed by atoms with Gasteiger partial charge in [-0.25, -0.2) is 0 Å². The van der Waals surface area contributed by atoms with E-state index in [4.69, 9.17) is 9.47 Å². The predicted octanol–water partition coefficient (Wildman–Crippen LogP) is 3.73. The van der Waals surface area contributed by atoms with Gasteiger partial charge in [0.05, 0.1) is 19.8 Å². The third kappa shape index (κ3) is 5.48. The Bertz CT molecular complexity index is 674. The van der Waals surface area contributed by atoms with Gasteiger partial charge in [-0.1, -0.05) is 36.4 Å². The molecule has 2 aromatic rings. The van der Waals surface area contributed by atoms with Crippen molar-refractivity contribution in [1.29, 1.82) is 0 Å².